The van der Waals surface area contributed by atoms with E-state index in [2.05, 4.69) is 10.3 Å². The van der Waals surface area contributed by atoms with E-state index in [0.717, 1.165) is 11.4 Å². The molecule has 1 aromatic rings. The van der Waals surface area contributed by atoms with Crippen LogP contribution in [0.1, 0.15) is 32.2 Å². The first-order valence-electron chi connectivity index (χ1n) is 6.37. The Labute approximate surface area is 117 Å². The van der Waals surface area contributed by atoms with Gasteiger partial charge in [0, 0.05) is 31.6 Å². The van der Waals surface area contributed by atoms with Crippen molar-refractivity contribution in [1.82, 2.24) is 15.2 Å². The summed E-state index contributed by atoms with van der Waals surface area (Å²) in [7, 11) is 0. The summed E-state index contributed by atoms with van der Waals surface area (Å²) in [5.74, 6) is -0.0680. The number of likely N-dealkylation sites (tertiary alicyclic amines) is 1. The second-order valence-electron chi connectivity index (χ2n) is 5.40. The van der Waals surface area contributed by atoms with E-state index < -0.39 is 5.54 Å². The lowest BCUT2D eigenvalue weighted by atomic mass is 10.0. The normalized spacial score (nSPS) is 19.5. The number of nitrogens with one attached hydrogen (secondary N) is 1. The maximum absolute atomic E-state index is 12.3. The van der Waals surface area contributed by atoms with Gasteiger partial charge < -0.3 is 10.2 Å². The molecule has 1 N–H and O–H groups in total. The zero-order valence-corrected chi connectivity index (χ0v) is 12.3. The average Bonchev–Trinajstić information content (AvgIpc) is 3.00. The first kappa shape index (κ1) is 14.0. The third-order valence-electron chi connectivity index (χ3n) is 3.41. The summed E-state index contributed by atoms with van der Waals surface area (Å²) in [6.07, 6.45) is 2.47. The zero-order chi connectivity index (χ0) is 14.0. The summed E-state index contributed by atoms with van der Waals surface area (Å²) >= 11 is 1.53. The second kappa shape index (κ2) is 5.28. The fourth-order valence-electron chi connectivity index (χ4n) is 2.26. The lowest BCUT2D eigenvalue weighted by Gasteiger charge is -2.25. The van der Waals surface area contributed by atoms with Crippen molar-refractivity contribution in [3.63, 3.8) is 0 Å². The molecule has 1 fully saturated rings. The van der Waals surface area contributed by atoms with Gasteiger partial charge in [-0.05, 0) is 20.3 Å². The van der Waals surface area contributed by atoms with Crippen molar-refractivity contribution in [3.8, 4) is 0 Å². The molecule has 1 aliphatic heterocycles. The molecule has 5 nitrogen and oxygen atoms in total. The van der Waals surface area contributed by atoms with Crippen LogP contribution >= 0.6 is 11.3 Å². The molecular weight excluding hydrogens is 262 g/mol. The van der Waals surface area contributed by atoms with Gasteiger partial charge in [-0.15, -0.1) is 11.3 Å². The standard InChI is InChI=1S/C13H19N3O2S/c1-9(17)16-6-4-10(8-16)11(18)15-13(2,3)12-14-5-7-19-12/h5,7,10H,4,6,8H2,1-3H3,(H,15,18). The second-order valence-corrected chi connectivity index (χ2v) is 6.30. The lowest BCUT2D eigenvalue weighted by Crippen LogP contribution is -2.44. The van der Waals surface area contributed by atoms with Crippen molar-refractivity contribution < 1.29 is 9.59 Å². The van der Waals surface area contributed by atoms with E-state index in [9.17, 15) is 9.59 Å². The van der Waals surface area contributed by atoms with Gasteiger partial charge in [0.2, 0.25) is 11.8 Å². The smallest absolute Gasteiger partial charge is 0.225 e. The molecule has 0 bridgehead atoms. The highest BCUT2D eigenvalue weighted by molar-refractivity contribution is 7.09. The molecule has 1 aliphatic rings. The summed E-state index contributed by atoms with van der Waals surface area (Å²) < 4.78 is 0. The van der Waals surface area contributed by atoms with Gasteiger partial charge >= 0.3 is 0 Å². The highest BCUT2D eigenvalue weighted by atomic mass is 32.1. The third-order valence-corrected chi connectivity index (χ3v) is 4.50. The van der Waals surface area contributed by atoms with E-state index in [-0.39, 0.29) is 17.7 Å². The molecule has 104 valence electrons. The highest BCUT2D eigenvalue weighted by Gasteiger charge is 2.33. The predicted molar refractivity (Wildman–Crippen MR) is 73.6 cm³/mol. The molecular formula is C13H19N3O2S. The zero-order valence-electron chi connectivity index (χ0n) is 11.5. The molecule has 0 saturated carbocycles. The largest absolute Gasteiger partial charge is 0.344 e. The Kier molecular flexibility index (Phi) is 3.89. The number of aromatic nitrogens is 1. The quantitative estimate of drug-likeness (QED) is 0.910. The van der Waals surface area contributed by atoms with E-state index in [1.165, 1.54) is 11.3 Å². The monoisotopic (exact) mass is 281 g/mol. The minimum atomic E-state index is -0.463. The van der Waals surface area contributed by atoms with Crippen molar-refractivity contribution in [1.29, 1.82) is 0 Å². The average molecular weight is 281 g/mol. The Hall–Kier alpha value is -1.43. The van der Waals surface area contributed by atoms with Crippen LogP contribution in [0.3, 0.4) is 0 Å². The fourth-order valence-corrected chi connectivity index (χ4v) is 2.97. The number of nitrogens with zero attached hydrogens (tertiary/aromatic N) is 2. The fraction of sp³-hybridized carbons (Fsp3) is 0.615. The molecule has 6 heteroatoms. The SMILES string of the molecule is CC(=O)N1CCC(C(=O)NC(C)(C)c2nccs2)C1. The number of hydrogen-bond donors (Lipinski definition) is 1. The van der Waals surface area contributed by atoms with Crippen LogP contribution in [-0.4, -0.2) is 34.8 Å². The van der Waals surface area contributed by atoms with E-state index in [1.54, 1.807) is 18.0 Å². The number of amides is 2. The molecule has 2 rings (SSSR count). The summed E-state index contributed by atoms with van der Waals surface area (Å²) in [6, 6.07) is 0. The Morgan fingerprint density at radius 2 is 2.26 bits per heavy atom. The van der Waals surface area contributed by atoms with Gasteiger partial charge in [0.1, 0.15) is 5.01 Å². The maximum atomic E-state index is 12.3. The molecule has 0 spiro atoms. The van der Waals surface area contributed by atoms with Gasteiger partial charge in [0.25, 0.3) is 0 Å². The molecule has 19 heavy (non-hydrogen) atoms. The van der Waals surface area contributed by atoms with Crippen LogP contribution in [0.5, 0.6) is 0 Å². The van der Waals surface area contributed by atoms with Crippen LogP contribution < -0.4 is 5.32 Å². The Morgan fingerprint density at radius 3 is 2.79 bits per heavy atom. The molecule has 1 atom stereocenters. The Bertz CT molecular complexity index is 470. The molecule has 1 saturated heterocycles. The first-order valence-corrected chi connectivity index (χ1v) is 7.25. The number of hydrogen-bond acceptors (Lipinski definition) is 4. The van der Waals surface area contributed by atoms with Gasteiger partial charge in [-0.25, -0.2) is 4.98 Å². The van der Waals surface area contributed by atoms with Gasteiger partial charge in [-0.2, -0.15) is 0 Å². The van der Waals surface area contributed by atoms with Gasteiger partial charge in [-0.3, -0.25) is 9.59 Å². The summed E-state index contributed by atoms with van der Waals surface area (Å²) in [6.45, 7) is 6.63. The number of carbonyl (C=O) groups is 2. The van der Waals surface area contributed by atoms with Crippen LogP contribution in [0, 0.1) is 5.92 Å². The maximum Gasteiger partial charge on any atom is 0.225 e. The summed E-state index contributed by atoms with van der Waals surface area (Å²) in [4.78, 5) is 29.5. The summed E-state index contributed by atoms with van der Waals surface area (Å²) in [5.41, 5.74) is -0.463. The molecule has 2 amide bonds. The minimum Gasteiger partial charge on any atom is -0.344 e. The number of rotatable bonds is 3. The van der Waals surface area contributed by atoms with Crippen molar-refractivity contribution >= 4 is 23.2 Å². The number of carbonyl (C=O) groups excluding carboxylic acids is 2. The highest BCUT2D eigenvalue weighted by Crippen LogP contribution is 2.24. The van der Waals surface area contributed by atoms with E-state index >= 15 is 0 Å². The van der Waals surface area contributed by atoms with Crippen LogP contribution in [0.4, 0.5) is 0 Å². The first-order chi connectivity index (χ1) is 8.90. The number of thiazole rings is 1. The van der Waals surface area contributed by atoms with Gasteiger partial charge in [-0.1, -0.05) is 0 Å². The third kappa shape index (κ3) is 3.12. The van der Waals surface area contributed by atoms with Crippen LogP contribution in [-0.2, 0) is 15.1 Å². The van der Waals surface area contributed by atoms with E-state index in [0.29, 0.717) is 13.1 Å². The molecule has 1 aromatic heterocycles. The molecule has 1 unspecified atom stereocenters. The van der Waals surface area contributed by atoms with Gasteiger partial charge in [0.15, 0.2) is 0 Å². The molecule has 0 aliphatic carbocycles. The summed E-state index contributed by atoms with van der Waals surface area (Å²) in [5, 5.41) is 5.82. The van der Waals surface area contributed by atoms with Crippen LogP contribution in [0.25, 0.3) is 0 Å². The van der Waals surface area contributed by atoms with E-state index in [1.807, 2.05) is 19.2 Å². The van der Waals surface area contributed by atoms with Crippen molar-refractivity contribution in [2.24, 2.45) is 5.92 Å². The molecule has 2 heterocycles. The van der Waals surface area contributed by atoms with Gasteiger partial charge in [0.05, 0.1) is 11.5 Å². The van der Waals surface area contributed by atoms with Crippen molar-refractivity contribution in [2.75, 3.05) is 13.1 Å². The molecule has 0 radical (unpaired) electrons. The van der Waals surface area contributed by atoms with Crippen LogP contribution in [0.2, 0.25) is 0 Å². The van der Waals surface area contributed by atoms with E-state index in [4.69, 9.17) is 0 Å². The topological polar surface area (TPSA) is 62.3 Å². The minimum absolute atomic E-state index is 0.00366. The molecule has 0 aromatic carbocycles. The van der Waals surface area contributed by atoms with Crippen molar-refractivity contribution in [3.05, 3.63) is 16.6 Å². The lowest BCUT2D eigenvalue weighted by molar-refractivity contribution is -0.129. The van der Waals surface area contributed by atoms with Crippen LogP contribution in [0.15, 0.2) is 11.6 Å². The Balaban J connectivity index is 1.97. The Morgan fingerprint density at radius 1 is 1.53 bits per heavy atom. The van der Waals surface area contributed by atoms with Crippen molar-refractivity contribution in [2.45, 2.75) is 32.7 Å². The predicted octanol–water partition coefficient (Wildman–Crippen LogP) is 1.36.